The number of carbonyl (C=O) groups is 1. The summed E-state index contributed by atoms with van der Waals surface area (Å²) in [6, 6.07) is 0.101. The van der Waals surface area contributed by atoms with Crippen LogP contribution in [0.1, 0.15) is 32.1 Å². The van der Waals surface area contributed by atoms with E-state index < -0.39 is 0 Å². The van der Waals surface area contributed by atoms with E-state index in [0.29, 0.717) is 5.91 Å². The quantitative estimate of drug-likeness (QED) is 0.813. The molecule has 2 heterocycles. The summed E-state index contributed by atoms with van der Waals surface area (Å²) >= 11 is 0. The van der Waals surface area contributed by atoms with Crippen molar-refractivity contribution < 1.29 is 4.79 Å². The predicted molar refractivity (Wildman–Crippen MR) is 73.5 cm³/mol. The van der Waals surface area contributed by atoms with Crippen LogP contribution in [-0.4, -0.2) is 62.0 Å². The maximum atomic E-state index is 12.3. The average Bonchev–Trinajstić information content (AvgIpc) is 2.39. The first kappa shape index (κ1) is 13.8. The summed E-state index contributed by atoms with van der Waals surface area (Å²) < 4.78 is 0. The molecule has 0 radical (unpaired) electrons. The largest absolute Gasteiger partial charge is 0.341 e. The number of rotatable bonds is 3. The van der Waals surface area contributed by atoms with E-state index in [4.69, 9.17) is 0 Å². The topological polar surface area (TPSA) is 35.6 Å². The van der Waals surface area contributed by atoms with Gasteiger partial charge in [0.15, 0.2) is 0 Å². The summed E-state index contributed by atoms with van der Waals surface area (Å²) in [5.74, 6) is 1.11. The molecule has 2 aliphatic heterocycles. The summed E-state index contributed by atoms with van der Waals surface area (Å²) in [4.78, 5) is 16.7. The van der Waals surface area contributed by atoms with Crippen molar-refractivity contribution in [2.24, 2.45) is 5.92 Å². The second-order valence-corrected chi connectivity index (χ2v) is 6.03. The fourth-order valence-electron chi connectivity index (χ4n) is 3.14. The molecular weight excluding hydrogens is 226 g/mol. The molecule has 1 N–H and O–H groups in total. The van der Waals surface area contributed by atoms with Crippen molar-refractivity contribution in [1.82, 2.24) is 15.1 Å². The predicted octanol–water partition coefficient (Wildman–Crippen LogP) is 0.929. The molecule has 1 atom stereocenters. The second-order valence-electron chi connectivity index (χ2n) is 6.03. The van der Waals surface area contributed by atoms with Crippen LogP contribution < -0.4 is 5.32 Å². The van der Waals surface area contributed by atoms with Gasteiger partial charge in [-0.1, -0.05) is 6.42 Å². The third-order valence-corrected chi connectivity index (χ3v) is 4.16. The Morgan fingerprint density at radius 3 is 2.50 bits per heavy atom. The Morgan fingerprint density at radius 1 is 1.22 bits per heavy atom. The Hall–Kier alpha value is -0.610. The zero-order valence-electron chi connectivity index (χ0n) is 11.8. The van der Waals surface area contributed by atoms with Crippen molar-refractivity contribution >= 4 is 5.91 Å². The Morgan fingerprint density at radius 2 is 1.94 bits per heavy atom. The van der Waals surface area contributed by atoms with Gasteiger partial charge in [-0.25, -0.2) is 0 Å². The van der Waals surface area contributed by atoms with E-state index in [9.17, 15) is 4.79 Å². The summed E-state index contributed by atoms with van der Waals surface area (Å²) in [5, 5.41) is 3.36. The monoisotopic (exact) mass is 253 g/mol. The van der Waals surface area contributed by atoms with E-state index in [-0.39, 0.29) is 6.04 Å². The average molecular weight is 253 g/mol. The number of nitrogens with one attached hydrogen (secondary N) is 1. The molecule has 1 amide bonds. The minimum Gasteiger partial charge on any atom is -0.341 e. The van der Waals surface area contributed by atoms with Crippen LogP contribution in [0.5, 0.6) is 0 Å². The third kappa shape index (κ3) is 3.69. The first-order valence-corrected chi connectivity index (χ1v) is 7.33. The maximum Gasteiger partial charge on any atom is 0.239 e. The highest BCUT2D eigenvalue weighted by atomic mass is 16.2. The standard InChI is InChI=1S/C14H27N3O/c1-16(2)11-12-6-9-17(10-7-12)14(18)13-5-3-4-8-15-13/h12-13,15H,3-11H2,1-2H3. The highest BCUT2D eigenvalue weighted by Gasteiger charge is 2.28. The zero-order chi connectivity index (χ0) is 13.0. The molecule has 2 rings (SSSR count). The molecule has 2 saturated heterocycles. The van der Waals surface area contributed by atoms with E-state index in [0.717, 1.165) is 51.4 Å². The minimum atomic E-state index is 0.101. The van der Waals surface area contributed by atoms with Crippen molar-refractivity contribution in [3.8, 4) is 0 Å². The van der Waals surface area contributed by atoms with Crippen LogP contribution in [0.3, 0.4) is 0 Å². The number of likely N-dealkylation sites (tertiary alicyclic amines) is 1. The van der Waals surface area contributed by atoms with Crippen molar-refractivity contribution in [2.45, 2.75) is 38.1 Å². The molecule has 0 bridgehead atoms. The van der Waals surface area contributed by atoms with E-state index in [1.54, 1.807) is 0 Å². The van der Waals surface area contributed by atoms with Crippen LogP contribution >= 0.6 is 0 Å². The molecule has 4 nitrogen and oxygen atoms in total. The summed E-state index contributed by atoms with van der Waals surface area (Å²) in [6.07, 6.45) is 5.76. The molecule has 18 heavy (non-hydrogen) atoms. The van der Waals surface area contributed by atoms with Crippen molar-refractivity contribution in [3.63, 3.8) is 0 Å². The molecule has 0 aromatic rings. The maximum absolute atomic E-state index is 12.3. The lowest BCUT2D eigenvalue weighted by Gasteiger charge is -2.36. The second kappa shape index (κ2) is 6.53. The highest BCUT2D eigenvalue weighted by molar-refractivity contribution is 5.82. The molecule has 0 spiro atoms. The van der Waals surface area contributed by atoms with Gasteiger partial charge in [0, 0.05) is 19.6 Å². The SMILES string of the molecule is CN(C)CC1CCN(C(=O)C2CCCCN2)CC1. The molecule has 0 saturated carbocycles. The van der Waals surface area contributed by atoms with E-state index in [1.807, 2.05) is 0 Å². The van der Waals surface area contributed by atoms with Gasteiger partial charge in [-0.05, 0) is 52.2 Å². The fraction of sp³-hybridized carbons (Fsp3) is 0.929. The van der Waals surface area contributed by atoms with Crippen LogP contribution in [-0.2, 0) is 4.79 Å². The lowest BCUT2D eigenvalue weighted by atomic mass is 9.95. The summed E-state index contributed by atoms with van der Waals surface area (Å²) in [6.45, 7) is 4.07. The van der Waals surface area contributed by atoms with Crippen molar-refractivity contribution in [2.75, 3.05) is 40.3 Å². The normalized spacial score (nSPS) is 26.6. The van der Waals surface area contributed by atoms with Crippen LogP contribution in [0.2, 0.25) is 0 Å². The van der Waals surface area contributed by atoms with Gasteiger partial charge in [-0.3, -0.25) is 4.79 Å². The van der Waals surface area contributed by atoms with E-state index >= 15 is 0 Å². The van der Waals surface area contributed by atoms with Crippen LogP contribution in [0.15, 0.2) is 0 Å². The van der Waals surface area contributed by atoms with Gasteiger partial charge in [-0.15, -0.1) is 0 Å². The zero-order valence-corrected chi connectivity index (χ0v) is 11.8. The molecule has 104 valence electrons. The van der Waals surface area contributed by atoms with Crippen LogP contribution in [0.4, 0.5) is 0 Å². The van der Waals surface area contributed by atoms with Gasteiger partial charge in [0.1, 0.15) is 0 Å². The third-order valence-electron chi connectivity index (χ3n) is 4.16. The molecule has 0 aromatic heterocycles. The molecular formula is C14H27N3O. The van der Waals surface area contributed by atoms with Gasteiger partial charge in [-0.2, -0.15) is 0 Å². The van der Waals surface area contributed by atoms with Crippen molar-refractivity contribution in [3.05, 3.63) is 0 Å². The Bertz CT molecular complexity index is 266. The number of hydrogen-bond donors (Lipinski definition) is 1. The lowest BCUT2D eigenvalue weighted by Crippen LogP contribution is -2.51. The van der Waals surface area contributed by atoms with Gasteiger partial charge in [0.2, 0.25) is 5.91 Å². The van der Waals surface area contributed by atoms with E-state index in [2.05, 4.69) is 29.2 Å². The smallest absolute Gasteiger partial charge is 0.239 e. The first-order valence-electron chi connectivity index (χ1n) is 7.33. The van der Waals surface area contributed by atoms with E-state index in [1.165, 1.54) is 12.8 Å². The number of nitrogens with zero attached hydrogens (tertiary/aromatic N) is 2. The number of piperidine rings is 2. The van der Waals surface area contributed by atoms with Gasteiger partial charge in [0.25, 0.3) is 0 Å². The number of hydrogen-bond acceptors (Lipinski definition) is 3. The van der Waals surface area contributed by atoms with Crippen molar-refractivity contribution in [1.29, 1.82) is 0 Å². The molecule has 1 unspecified atom stereocenters. The molecule has 2 aliphatic rings. The van der Waals surface area contributed by atoms with Gasteiger partial charge in [0.05, 0.1) is 6.04 Å². The van der Waals surface area contributed by atoms with Gasteiger partial charge < -0.3 is 15.1 Å². The number of carbonyl (C=O) groups excluding carboxylic acids is 1. The fourth-order valence-corrected chi connectivity index (χ4v) is 3.14. The Labute approximate surface area is 111 Å². The summed E-state index contributed by atoms with van der Waals surface area (Å²) in [5.41, 5.74) is 0. The first-order chi connectivity index (χ1) is 8.66. The number of amides is 1. The molecule has 4 heteroatoms. The molecule has 2 fully saturated rings. The minimum absolute atomic E-state index is 0.101. The Balaban J connectivity index is 1.76. The molecule has 0 aromatic carbocycles. The lowest BCUT2D eigenvalue weighted by molar-refractivity contribution is -0.135. The summed E-state index contributed by atoms with van der Waals surface area (Å²) in [7, 11) is 4.26. The highest BCUT2D eigenvalue weighted by Crippen LogP contribution is 2.19. The van der Waals surface area contributed by atoms with Gasteiger partial charge >= 0.3 is 0 Å². The van der Waals surface area contributed by atoms with Crippen LogP contribution in [0, 0.1) is 5.92 Å². The Kier molecular flexibility index (Phi) is 5.01. The molecule has 0 aliphatic carbocycles. The van der Waals surface area contributed by atoms with Crippen LogP contribution in [0.25, 0.3) is 0 Å².